The van der Waals surface area contributed by atoms with Crippen molar-refractivity contribution in [1.82, 2.24) is 5.32 Å². The molecular weight excluding hydrogens is 306 g/mol. The summed E-state index contributed by atoms with van der Waals surface area (Å²) < 4.78 is 0. The van der Waals surface area contributed by atoms with Crippen molar-refractivity contribution < 1.29 is 9.72 Å². The molecule has 1 amide bonds. The Labute approximate surface area is 140 Å². The van der Waals surface area contributed by atoms with Crippen LogP contribution in [0.3, 0.4) is 0 Å². The third-order valence-corrected chi connectivity index (χ3v) is 4.18. The van der Waals surface area contributed by atoms with Gasteiger partial charge in [-0.05, 0) is 30.5 Å². The summed E-state index contributed by atoms with van der Waals surface area (Å²) in [6, 6.07) is 14.2. The SMILES string of the molecule is O=C(NCc1ccccc1)c1ccc(N2CCCC2)c([N+](=O)[O-])c1. The van der Waals surface area contributed by atoms with E-state index >= 15 is 0 Å². The lowest BCUT2D eigenvalue weighted by Gasteiger charge is -2.17. The van der Waals surface area contributed by atoms with Crippen LogP contribution in [0.15, 0.2) is 48.5 Å². The number of amides is 1. The number of nitro groups is 1. The normalized spacial score (nSPS) is 13.8. The van der Waals surface area contributed by atoms with Gasteiger partial charge in [0.05, 0.1) is 4.92 Å². The summed E-state index contributed by atoms with van der Waals surface area (Å²) in [6.07, 6.45) is 2.08. The molecule has 1 N–H and O–H groups in total. The average Bonchev–Trinajstić information content (AvgIpc) is 3.14. The minimum absolute atomic E-state index is 0.00994. The van der Waals surface area contributed by atoms with Crippen LogP contribution in [0.5, 0.6) is 0 Å². The smallest absolute Gasteiger partial charge is 0.293 e. The number of carbonyl (C=O) groups is 1. The van der Waals surface area contributed by atoms with Crippen molar-refractivity contribution in [2.45, 2.75) is 19.4 Å². The van der Waals surface area contributed by atoms with Gasteiger partial charge in [0.2, 0.25) is 0 Å². The molecule has 1 saturated heterocycles. The standard InChI is InChI=1S/C18H19N3O3/c22-18(19-13-14-6-2-1-3-7-14)15-8-9-16(17(12-15)21(23)24)20-10-4-5-11-20/h1-3,6-9,12H,4-5,10-11,13H2,(H,19,22). The topological polar surface area (TPSA) is 75.5 Å². The summed E-state index contributed by atoms with van der Waals surface area (Å²) in [6.45, 7) is 2.03. The third-order valence-electron chi connectivity index (χ3n) is 4.18. The van der Waals surface area contributed by atoms with Crippen LogP contribution in [0.2, 0.25) is 0 Å². The number of nitro benzene ring substituents is 1. The van der Waals surface area contributed by atoms with Gasteiger partial charge in [-0.1, -0.05) is 30.3 Å². The lowest BCUT2D eigenvalue weighted by molar-refractivity contribution is -0.384. The van der Waals surface area contributed by atoms with E-state index in [-0.39, 0.29) is 11.6 Å². The molecule has 1 fully saturated rings. The van der Waals surface area contributed by atoms with Gasteiger partial charge < -0.3 is 10.2 Å². The molecule has 0 aliphatic carbocycles. The molecule has 124 valence electrons. The molecule has 24 heavy (non-hydrogen) atoms. The van der Waals surface area contributed by atoms with Gasteiger partial charge >= 0.3 is 0 Å². The highest BCUT2D eigenvalue weighted by atomic mass is 16.6. The third kappa shape index (κ3) is 3.53. The largest absolute Gasteiger partial charge is 0.366 e. The van der Waals surface area contributed by atoms with Crippen LogP contribution in [0.25, 0.3) is 0 Å². The molecule has 0 bridgehead atoms. The van der Waals surface area contributed by atoms with Gasteiger partial charge in [-0.2, -0.15) is 0 Å². The van der Waals surface area contributed by atoms with Crippen molar-refractivity contribution in [2.75, 3.05) is 18.0 Å². The Morgan fingerprint density at radius 2 is 1.83 bits per heavy atom. The molecule has 0 aromatic heterocycles. The van der Waals surface area contributed by atoms with Gasteiger partial charge in [0.15, 0.2) is 0 Å². The molecule has 0 saturated carbocycles. The molecule has 6 nitrogen and oxygen atoms in total. The Bertz CT molecular complexity index is 740. The summed E-state index contributed by atoms with van der Waals surface area (Å²) >= 11 is 0. The van der Waals surface area contributed by atoms with Crippen molar-refractivity contribution in [3.05, 3.63) is 69.8 Å². The van der Waals surface area contributed by atoms with E-state index in [2.05, 4.69) is 5.32 Å². The van der Waals surface area contributed by atoms with Crippen LogP contribution in [0, 0.1) is 10.1 Å². The van der Waals surface area contributed by atoms with Crippen LogP contribution < -0.4 is 10.2 Å². The Hall–Kier alpha value is -2.89. The maximum absolute atomic E-state index is 12.3. The quantitative estimate of drug-likeness (QED) is 0.677. The van der Waals surface area contributed by atoms with Crippen LogP contribution in [-0.4, -0.2) is 23.9 Å². The molecule has 1 heterocycles. The van der Waals surface area contributed by atoms with E-state index < -0.39 is 4.92 Å². The summed E-state index contributed by atoms with van der Waals surface area (Å²) in [7, 11) is 0. The fourth-order valence-corrected chi connectivity index (χ4v) is 2.92. The van der Waals surface area contributed by atoms with Gasteiger partial charge in [0.1, 0.15) is 5.69 Å². The molecule has 2 aromatic rings. The molecule has 1 aliphatic heterocycles. The second-order valence-corrected chi connectivity index (χ2v) is 5.82. The van der Waals surface area contributed by atoms with Crippen molar-refractivity contribution >= 4 is 17.3 Å². The zero-order valence-electron chi connectivity index (χ0n) is 13.3. The Morgan fingerprint density at radius 1 is 1.12 bits per heavy atom. The van der Waals surface area contributed by atoms with Crippen LogP contribution >= 0.6 is 0 Å². The molecule has 6 heteroatoms. The Balaban J connectivity index is 1.76. The van der Waals surface area contributed by atoms with Crippen molar-refractivity contribution in [2.24, 2.45) is 0 Å². The van der Waals surface area contributed by atoms with Gasteiger partial charge in [0.25, 0.3) is 11.6 Å². The van der Waals surface area contributed by atoms with Gasteiger partial charge in [-0.15, -0.1) is 0 Å². The second kappa shape index (κ2) is 7.12. The molecule has 1 aliphatic rings. The number of carbonyl (C=O) groups excluding carboxylic acids is 1. The summed E-state index contributed by atoms with van der Waals surface area (Å²) in [4.78, 5) is 25.2. The second-order valence-electron chi connectivity index (χ2n) is 5.82. The predicted molar refractivity (Wildman–Crippen MR) is 92.2 cm³/mol. The first kappa shape index (κ1) is 16.0. The van der Waals surface area contributed by atoms with Crippen LogP contribution in [-0.2, 0) is 6.54 Å². The zero-order valence-corrected chi connectivity index (χ0v) is 13.3. The first-order valence-corrected chi connectivity index (χ1v) is 8.00. The highest BCUT2D eigenvalue weighted by Crippen LogP contribution is 2.31. The van der Waals surface area contributed by atoms with Gasteiger partial charge in [0, 0.05) is 31.3 Å². The van der Waals surface area contributed by atoms with E-state index in [1.807, 2.05) is 35.2 Å². The predicted octanol–water partition coefficient (Wildman–Crippen LogP) is 3.13. The van der Waals surface area contributed by atoms with Crippen molar-refractivity contribution in [1.29, 1.82) is 0 Å². The number of hydrogen-bond donors (Lipinski definition) is 1. The maximum atomic E-state index is 12.3. The van der Waals surface area contributed by atoms with Gasteiger partial charge in [-0.3, -0.25) is 14.9 Å². The summed E-state index contributed by atoms with van der Waals surface area (Å²) in [5, 5.41) is 14.2. The molecule has 2 aromatic carbocycles. The number of benzene rings is 2. The van der Waals surface area contributed by atoms with E-state index in [0.717, 1.165) is 31.5 Å². The Kier molecular flexibility index (Phi) is 4.74. The van der Waals surface area contributed by atoms with E-state index in [1.54, 1.807) is 12.1 Å². The summed E-state index contributed by atoms with van der Waals surface area (Å²) in [5.41, 5.74) is 1.87. The molecule has 3 rings (SSSR count). The average molecular weight is 325 g/mol. The lowest BCUT2D eigenvalue weighted by Crippen LogP contribution is -2.23. The van der Waals surface area contributed by atoms with Crippen molar-refractivity contribution in [3.8, 4) is 0 Å². The van der Waals surface area contributed by atoms with Crippen molar-refractivity contribution in [3.63, 3.8) is 0 Å². The number of anilines is 1. The minimum atomic E-state index is -0.415. The molecular formula is C18H19N3O3. The number of hydrogen-bond acceptors (Lipinski definition) is 4. The van der Waals surface area contributed by atoms with E-state index in [4.69, 9.17) is 0 Å². The minimum Gasteiger partial charge on any atom is -0.366 e. The fourth-order valence-electron chi connectivity index (χ4n) is 2.92. The molecule has 0 unspecified atom stereocenters. The van der Waals surface area contributed by atoms with Crippen LogP contribution in [0.1, 0.15) is 28.8 Å². The Morgan fingerprint density at radius 3 is 2.50 bits per heavy atom. The summed E-state index contributed by atoms with van der Waals surface area (Å²) in [5.74, 6) is -0.310. The first-order valence-electron chi connectivity index (χ1n) is 8.00. The first-order chi connectivity index (χ1) is 11.6. The number of nitrogens with one attached hydrogen (secondary N) is 1. The number of rotatable bonds is 5. The van der Waals surface area contributed by atoms with E-state index in [9.17, 15) is 14.9 Å². The lowest BCUT2D eigenvalue weighted by atomic mass is 10.1. The maximum Gasteiger partial charge on any atom is 0.293 e. The van der Waals surface area contributed by atoms with Gasteiger partial charge in [-0.25, -0.2) is 0 Å². The zero-order chi connectivity index (χ0) is 16.9. The molecule has 0 atom stereocenters. The molecule has 0 radical (unpaired) electrons. The fraction of sp³-hybridized carbons (Fsp3) is 0.278. The molecule has 0 spiro atoms. The highest BCUT2D eigenvalue weighted by molar-refractivity contribution is 5.95. The number of nitrogens with zero attached hydrogens (tertiary/aromatic N) is 2. The monoisotopic (exact) mass is 325 g/mol. The highest BCUT2D eigenvalue weighted by Gasteiger charge is 2.23. The van der Waals surface area contributed by atoms with E-state index in [1.165, 1.54) is 6.07 Å². The van der Waals surface area contributed by atoms with E-state index in [0.29, 0.717) is 17.8 Å². The van der Waals surface area contributed by atoms with Crippen LogP contribution in [0.4, 0.5) is 11.4 Å².